The molecule has 1 amide bonds. The van der Waals surface area contributed by atoms with Crippen molar-refractivity contribution in [2.24, 2.45) is 0 Å². The Morgan fingerprint density at radius 2 is 1.82 bits per heavy atom. The highest BCUT2D eigenvalue weighted by molar-refractivity contribution is 7.10. The van der Waals surface area contributed by atoms with Crippen LogP contribution in [0, 0.1) is 0 Å². The number of fused-ring (bicyclic) bond motifs is 1. The van der Waals surface area contributed by atoms with Crippen LogP contribution in [0.5, 0.6) is 5.75 Å². The van der Waals surface area contributed by atoms with Gasteiger partial charge < -0.3 is 9.64 Å². The molecule has 4 nitrogen and oxygen atoms in total. The molecule has 1 aromatic carbocycles. The van der Waals surface area contributed by atoms with Gasteiger partial charge in [-0.15, -0.1) is 22.7 Å². The van der Waals surface area contributed by atoms with E-state index in [0.29, 0.717) is 6.54 Å². The first-order valence-corrected chi connectivity index (χ1v) is 11.2. The third-order valence-electron chi connectivity index (χ3n) is 4.98. The average Bonchev–Trinajstić information content (AvgIpc) is 3.41. The molecule has 0 fully saturated rings. The first-order chi connectivity index (χ1) is 13.7. The minimum atomic E-state index is 0.166. The van der Waals surface area contributed by atoms with Crippen LogP contribution in [0.25, 0.3) is 0 Å². The van der Waals surface area contributed by atoms with Gasteiger partial charge in [-0.3, -0.25) is 9.69 Å². The first-order valence-electron chi connectivity index (χ1n) is 9.47. The van der Waals surface area contributed by atoms with E-state index in [-0.39, 0.29) is 5.91 Å². The van der Waals surface area contributed by atoms with Crippen LogP contribution < -0.4 is 9.64 Å². The van der Waals surface area contributed by atoms with Crippen LogP contribution in [0.15, 0.2) is 53.2 Å². The van der Waals surface area contributed by atoms with Gasteiger partial charge >= 0.3 is 0 Å². The number of hydrogen-bond donors (Lipinski definition) is 0. The predicted octanol–water partition coefficient (Wildman–Crippen LogP) is 4.80. The maximum Gasteiger partial charge on any atom is 0.241 e. The molecule has 0 saturated heterocycles. The van der Waals surface area contributed by atoms with E-state index < -0.39 is 0 Å². The minimum Gasteiger partial charge on any atom is -0.497 e. The van der Waals surface area contributed by atoms with Gasteiger partial charge in [0.05, 0.1) is 13.7 Å². The summed E-state index contributed by atoms with van der Waals surface area (Å²) in [7, 11) is 1.68. The fraction of sp³-hybridized carbons (Fsp3) is 0.318. The number of methoxy groups -OCH3 is 1. The fourth-order valence-corrected chi connectivity index (χ4v) is 5.14. The molecule has 0 saturated carbocycles. The second-order valence-corrected chi connectivity index (χ2v) is 9.01. The van der Waals surface area contributed by atoms with E-state index in [0.717, 1.165) is 43.9 Å². The zero-order valence-electron chi connectivity index (χ0n) is 16.0. The normalized spacial score (nSPS) is 13.6. The van der Waals surface area contributed by atoms with Crippen LogP contribution in [0.2, 0.25) is 0 Å². The van der Waals surface area contributed by atoms with Crippen molar-refractivity contribution in [3.05, 3.63) is 68.5 Å². The molecular weight excluding hydrogens is 388 g/mol. The summed E-state index contributed by atoms with van der Waals surface area (Å²) in [5, 5.41) is 4.18. The van der Waals surface area contributed by atoms with Gasteiger partial charge in [0.15, 0.2) is 0 Å². The van der Waals surface area contributed by atoms with Crippen molar-refractivity contribution >= 4 is 34.3 Å². The molecule has 28 heavy (non-hydrogen) atoms. The fourth-order valence-electron chi connectivity index (χ4n) is 3.65. The zero-order valence-corrected chi connectivity index (χ0v) is 17.6. The molecule has 0 N–H and O–H groups in total. The van der Waals surface area contributed by atoms with Gasteiger partial charge in [-0.05, 0) is 59.5 Å². The van der Waals surface area contributed by atoms with Crippen molar-refractivity contribution in [2.45, 2.75) is 25.9 Å². The van der Waals surface area contributed by atoms with E-state index in [9.17, 15) is 4.79 Å². The average molecular weight is 413 g/mol. The van der Waals surface area contributed by atoms with Gasteiger partial charge in [-0.25, -0.2) is 0 Å². The van der Waals surface area contributed by atoms with E-state index >= 15 is 0 Å². The molecular formula is C22H24N2O2S2. The Kier molecular flexibility index (Phi) is 6.10. The highest BCUT2D eigenvalue weighted by atomic mass is 32.1. The maximum atomic E-state index is 13.2. The van der Waals surface area contributed by atoms with E-state index in [1.807, 2.05) is 17.0 Å². The smallest absolute Gasteiger partial charge is 0.241 e. The monoisotopic (exact) mass is 412 g/mol. The molecule has 0 spiro atoms. The number of amides is 1. The Morgan fingerprint density at radius 3 is 2.43 bits per heavy atom. The number of carbonyl (C=O) groups excluding carboxylic acids is 1. The second kappa shape index (κ2) is 8.90. The molecule has 146 valence electrons. The van der Waals surface area contributed by atoms with Crippen LogP contribution in [0.1, 0.15) is 21.7 Å². The van der Waals surface area contributed by atoms with Gasteiger partial charge in [0, 0.05) is 35.1 Å². The number of benzene rings is 1. The third-order valence-corrected chi connectivity index (χ3v) is 6.71. The molecule has 0 radical (unpaired) electrons. The number of rotatable bonds is 7. The minimum absolute atomic E-state index is 0.166. The third kappa shape index (κ3) is 4.46. The largest absolute Gasteiger partial charge is 0.497 e. The van der Waals surface area contributed by atoms with Crippen molar-refractivity contribution in [1.82, 2.24) is 4.90 Å². The van der Waals surface area contributed by atoms with Crippen molar-refractivity contribution < 1.29 is 9.53 Å². The molecule has 0 unspecified atom stereocenters. The van der Waals surface area contributed by atoms with Crippen LogP contribution in [-0.4, -0.2) is 31.0 Å². The summed E-state index contributed by atoms with van der Waals surface area (Å²) in [6.07, 6.45) is 1.98. The summed E-state index contributed by atoms with van der Waals surface area (Å²) in [6, 6.07) is 14.4. The summed E-state index contributed by atoms with van der Waals surface area (Å²) in [4.78, 5) is 20.0. The molecule has 1 aliphatic heterocycles. The number of aryl methyl sites for hydroxylation is 1. The molecule has 0 atom stereocenters. The van der Waals surface area contributed by atoms with E-state index in [1.54, 1.807) is 29.8 Å². The summed E-state index contributed by atoms with van der Waals surface area (Å²) >= 11 is 3.48. The predicted molar refractivity (Wildman–Crippen MR) is 116 cm³/mol. The standard InChI is InChI=1S/C22H24N2O2S2/c1-26-18-8-9-21-17(13-18)5-2-10-24(21)22(25)16-23(14-19-6-3-11-27-19)15-20-7-4-12-28-20/h3-4,6-9,11-13H,2,5,10,14-16H2,1H3. The maximum absolute atomic E-state index is 13.2. The lowest BCUT2D eigenvalue weighted by Gasteiger charge is -2.32. The lowest BCUT2D eigenvalue weighted by Crippen LogP contribution is -2.42. The Labute approximate surface area is 174 Å². The topological polar surface area (TPSA) is 32.8 Å². The van der Waals surface area contributed by atoms with Crippen LogP contribution in [-0.2, 0) is 24.3 Å². The molecule has 3 aromatic rings. The van der Waals surface area contributed by atoms with Crippen molar-refractivity contribution in [3.8, 4) is 5.75 Å². The van der Waals surface area contributed by atoms with Crippen LogP contribution in [0.3, 0.4) is 0 Å². The lowest BCUT2D eigenvalue weighted by atomic mass is 10.0. The zero-order chi connectivity index (χ0) is 19.3. The Bertz CT molecular complexity index is 871. The molecule has 1 aliphatic rings. The van der Waals surface area contributed by atoms with E-state index in [1.165, 1.54) is 15.3 Å². The molecule has 3 heterocycles. The number of anilines is 1. The Morgan fingerprint density at radius 1 is 1.11 bits per heavy atom. The van der Waals surface area contributed by atoms with Crippen molar-refractivity contribution in [3.63, 3.8) is 0 Å². The quantitative estimate of drug-likeness (QED) is 0.559. The van der Waals surface area contributed by atoms with Crippen LogP contribution >= 0.6 is 22.7 Å². The number of ether oxygens (including phenoxy) is 1. The molecule has 4 rings (SSSR count). The van der Waals surface area contributed by atoms with Crippen LogP contribution in [0.4, 0.5) is 5.69 Å². The van der Waals surface area contributed by atoms with Crippen molar-refractivity contribution in [1.29, 1.82) is 0 Å². The Hall–Kier alpha value is -2.15. The summed E-state index contributed by atoms with van der Waals surface area (Å²) in [6.45, 7) is 2.79. The van der Waals surface area contributed by atoms with Gasteiger partial charge in [0.25, 0.3) is 0 Å². The number of nitrogens with zero attached hydrogens (tertiary/aromatic N) is 2. The molecule has 2 aromatic heterocycles. The summed E-state index contributed by atoms with van der Waals surface area (Å²) in [5.41, 5.74) is 2.23. The summed E-state index contributed by atoms with van der Waals surface area (Å²) < 4.78 is 5.35. The van der Waals surface area contributed by atoms with Gasteiger partial charge in [-0.2, -0.15) is 0 Å². The van der Waals surface area contributed by atoms with Gasteiger partial charge in [0.2, 0.25) is 5.91 Å². The van der Waals surface area contributed by atoms with E-state index in [4.69, 9.17) is 4.74 Å². The number of thiophene rings is 2. The number of hydrogen-bond acceptors (Lipinski definition) is 5. The molecule has 6 heteroatoms. The second-order valence-electron chi connectivity index (χ2n) is 6.95. The van der Waals surface area contributed by atoms with Crippen molar-refractivity contribution in [2.75, 3.05) is 25.1 Å². The van der Waals surface area contributed by atoms with Gasteiger partial charge in [0.1, 0.15) is 5.75 Å². The van der Waals surface area contributed by atoms with Gasteiger partial charge in [-0.1, -0.05) is 12.1 Å². The molecule has 0 aliphatic carbocycles. The SMILES string of the molecule is COc1ccc2c(c1)CCCN2C(=O)CN(Cc1cccs1)Cc1cccs1. The van der Waals surface area contributed by atoms with E-state index in [2.05, 4.69) is 46.0 Å². The first kappa shape index (κ1) is 19.2. The lowest BCUT2D eigenvalue weighted by molar-refractivity contribution is -0.120. The highest BCUT2D eigenvalue weighted by Gasteiger charge is 2.25. The number of carbonyl (C=O) groups is 1. The highest BCUT2D eigenvalue weighted by Crippen LogP contribution is 2.31. The summed E-state index contributed by atoms with van der Waals surface area (Å²) in [5.74, 6) is 1.02. The Balaban J connectivity index is 1.51. The molecule has 0 bridgehead atoms.